The summed E-state index contributed by atoms with van der Waals surface area (Å²) in [6, 6.07) is 10.0. The molecule has 0 saturated heterocycles. The number of H-pyrrole nitrogens is 2. The van der Waals surface area contributed by atoms with Crippen LogP contribution in [0.2, 0.25) is 0 Å². The molecule has 0 aliphatic heterocycles. The van der Waals surface area contributed by atoms with Gasteiger partial charge in [-0.05, 0) is 38.4 Å². The summed E-state index contributed by atoms with van der Waals surface area (Å²) in [4.78, 5) is 45.4. The molecular formula is C19H23N5O3. The van der Waals surface area contributed by atoms with Crippen molar-refractivity contribution in [1.82, 2.24) is 24.3 Å². The average molecular weight is 369 g/mol. The van der Waals surface area contributed by atoms with Gasteiger partial charge < -0.3 is 19.8 Å². The monoisotopic (exact) mass is 369 g/mol. The van der Waals surface area contributed by atoms with Crippen LogP contribution in [0.4, 0.5) is 0 Å². The van der Waals surface area contributed by atoms with Gasteiger partial charge in [0.25, 0.3) is 5.91 Å². The van der Waals surface area contributed by atoms with Crippen LogP contribution in [-0.2, 0) is 13.1 Å². The number of fused-ring (bicyclic) bond motifs is 1. The van der Waals surface area contributed by atoms with E-state index in [0.717, 1.165) is 0 Å². The summed E-state index contributed by atoms with van der Waals surface area (Å²) >= 11 is 0. The molecule has 0 radical (unpaired) electrons. The van der Waals surface area contributed by atoms with E-state index in [1.165, 1.54) is 11.0 Å². The number of benzene rings is 1. The fraction of sp³-hybridized carbons (Fsp3) is 0.316. The molecule has 2 aromatic heterocycles. The second kappa shape index (κ2) is 7.63. The SMILES string of the molecule is CN(C)CCn1c(=O)[nH]c2ccc(C(=O)N(C)Cc3cccc(=O)[nH]3)cc21. The molecular weight excluding hydrogens is 346 g/mol. The topological polar surface area (TPSA) is 94.2 Å². The molecule has 2 heterocycles. The van der Waals surface area contributed by atoms with Gasteiger partial charge in [0.2, 0.25) is 5.56 Å². The molecule has 2 N–H and O–H groups in total. The molecule has 0 aliphatic rings. The van der Waals surface area contributed by atoms with E-state index in [-0.39, 0.29) is 23.7 Å². The third kappa shape index (κ3) is 4.17. The molecule has 0 spiro atoms. The Morgan fingerprint density at radius 3 is 2.56 bits per heavy atom. The molecule has 0 saturated carbocycles. The zero-order valence-electron chi connectivity index (χ0n) is 15.7. The van der Waals surface area contributed by atoms with Crippen molar-refractivity contribution in [2.24, 2.45) is 0 Å². The van der Waals surface area contributed by atoms with E-state index in [1.807, 2.05) is 19.0 Å². The summed E-state index contributed by atoms with van der Waals surface area (Å²) < 4.78 is 1.64. The Labute approximate surface area is 156 Å². The van der Waals surface area contributed by atoms with Crippen LogP contribution in [0.15, 0.2) is 46.0 Å². The third-order valence-corrected chi connectivity index (χ3v) is 4.38. The van der Waals surface area contributed by atoms with E-state index in [2.05, 4.69) is 9.97 Å². The number of aromatic nitrogens is 3. The first kappa shape index (κ1) is 18.7. The van der Waals surface area contributed by atoms with Crippen LogP contribution in [0, 0.1) is 0 Å². The first-order valence-electron chi connectivity index (χ1n) is 8.66. The number of rotatable bonds is 6. The van der Waals surface area contributed by atoms with E-state index in [0.29, 0.717) is 35.4 Å². The number of pyridine rings is 1. The summed E-state index contributed by atoms with van der Waals surface area (Å²) in [5, 5.41) is 0. The number of amides is 1. The highest BCUT2D eigenvalue weighted by Crippen LogP contribution is 2.15. The van der Waals surface area contributed by atoms with Crippen LogP contribution >= 0.6 is 0 Å². The van der Waals surface area contributed by atoms with E-state index in [1.54, 1.807) is 41.9 Å². The molecule has 8 heteroatoms. The number of likely N-dealkylation sites (N-methyl/N-ethyl adjacent to an activating group) is 1. The molecule has 142 valence electrons. The number of carbonyl (C=O) groups excluding carboxylic acids is 1. The van der Waals surface area contributed by atoms with Gasteiger partial charge in [0.1, 0.15) is 0 Å². The predicted octanol–water partition coefficient (Wildman–Crippen LogP) is 0.852. The minimum atomic E-state index is -0.202. The minimum absolute atomic E-state index is 0.186. The number of hydrogen-bond acceptors (Lipinski definition) is 4. The Morgan fingerprint density at radius 2 is 1.85 bits per heavy atom. The average Bonchev–Trinajstić information content (AvgIpc) is 2.93. The van der Waals surface area contributed by atoms with E-state index >= 15 is 0 Å². The van der Waals surface area contributed by atoms with Crippen LogP contribution in [-0.4, -0.2) is 57.9 Å². The molecule has 3 aromatic rings. The number of carbonyl (C=O) groups is 1. The van der Waals surface area contributed by atoms with E-state index < -0.39 is 0 Å². The highest BCUT2D eigenvalue weighted by Gasteiger charge is 2.15. The highest BCUT2D eigenvalue weighted by atomic mass is 16.2. The van der Waals surface area contributed by atoms with Gasteiger partial charge in [0.05, 0.1) is 17.6 Å². The second-order valence-electron chi connectivity index (χ2n) is 6.82. The Balaban J connectivity index is 1.87. The van der Waals surface area contributed by atoms with Crippen LogP contribution in [0.3, 0.4) is 0 Å². The van der Waals surface area contributed by atoms with E-state index in [4.69, 9.17) is 0 Å². The molecule has 0 bridgehead atoms. The fourth-order valence-electron chi connectivity index (χ4n) is 2.94. The quantitative estimate of drug-likeness (QED) is 0.674. The van der Waals surface area contributed by atoms with Crippen LogP contribution in [0.5, 0.6) is 0 Å². The fourth-order valence-corrected chi connectivity index (χ4v) is 2.94. The molecule has 0 fully saturated rings. The third-order valence-electron chi connectivity index (χ3n) is 4.38. The lowest BCUT2D eigenvalue weighted by Crippen LogP contribution is -2.27. The van der Waals surface area contributed by atoms with Crippen molar-refractivity contribution in [1.29, 1.82) is 0 Å². The maximum absolute atomic E-state index is 12.8. The van der Waals surface area contributed by atoms with Gasteiger partial charge in [-0.25, -0.2) is 4.79 Å². The molecule has 27 heavy (non-hydrogen) atoms. The van der Waals surface area contributed by atoms with Crippen molar-refractivity contribution in [3.8, 4) is 0 Å². The second-order valence-corrected chi connectivity index (χ2v) is 6.82. The van der Waals surface area contributed by atoms with Gasteiger partial charge in [-0.15, -0.1) is 0 Å². The van der Waals surface area contributed by atoms with Gasteiger partial charge in [-0.2, -0.15) is 0 Å². The standard InChI is InChI=1S/C19H23N5O3/c1-22(2)9-10-24-16-11-13(7-8-15(16)21-19(24)27)18(26)23(3)12-14-5-4-6-17(25)20-14/h4-8,11H,9-10,12H2,1-3H3,(H,20,25)(H,21,27). The molecule has 8 nitrogen and oxygen atoms in total. The van der Waals surface area contributed by atoms with Crippen molar-refractivity contribution in [3.63, 3.8) is 0 Å². The van der Waals surface area contributed by atoms with Crippen molar-refractivity contribution < 1.29 is 4.79 Å². The number of hydrogen-bond donors (Lipinski definition) is 2. The van der Waals surface area contributed by atoms with Crippen molar-refractivity contribution >= 4 is 16.9 Å². The normalized spacial score (nSPS) is 11.3. The molecule has 1 amide bonds. The molecule has 3 rings (SSSR count). The molecule has 0 aliphatic carbocycles. The lowest BCUT2D eigenvalue weighted by Gasteiger charge is -2.17. The number of aromatic amines is 2. The first-order valence-corrected chi connectivity index (χ1v) is 8.66. The van der Waals surface area contributed by atoms with Crippen molar-refractivity contribution in [2.75, 3.05) is 27.7 Å². The maximum Gasteiger partial charge on any atom is 0.326 e. The lowest BCUT2D eigenvalue weighted by molar-refractivity contribution is 0.0783. The maximum atomic E-state index is 12.8. The highest BCUT2D eigenvalue weighted by molar-refractivity contribution is 5.97. The summed E-state index contributed by atoms with van der Waals surface area (Å²) in [7, 11) is 5.56. The first-order chi connectivity index (χ1) is 12.8. The zero-order chi connectivity index (χ0) is 19.6. The Hall–Kier alpha value is -3.13. The predicted molar refractivity (Wildman–Crippen MR) is 104 cm³/mol. The molecule has 0 unspecified atom stereocenters. The number of imidazole rings is 1. The Kier molecular flexibility index (Phi) is 5.27. The Bertz CT molecular complexity index is 1080. The van der Waals surface area contributed by atoms with Crippen molar-refractivity contribution in [3.05, 3.63) is 68.5 Å². The van der Waals surface area contributed by atoms with Crippen LogP contribution < -0.4 is 11.2 Å². The van der Waals surface area contributed by atoms with Crippen LogP contribution in [0.25, 0.3) is 11.0 Å². The summed E-state index contributed by atoms with van der Waals surface area (Å²) in [5.74, 6) is -0.186. The Morgan fingerprint density at radius 1 is 1.07 bits per heavy atom. The largest absolute Gasteiger partial charge is 0.336 e. The van der Waals surface area contributed by atoms with Crippen molar-refractivity contribution in [2.45, 2.75) is 13.1 Å². The van der Waals surface area contributed by atoms with Gasteiger partial charge in [-0.1, -0.05) is 6.07 Å². The molecule has 1 aromatic carbocycles. The zero-order valence-corrected chi connectivity index (χ0v) is 15.7. The number of nitrogens with one attached hydrogen (secondary N) is 2. The van der Waals surface area contributed by atoms with Gasteiger partial charge in [0.15, 0.2) is 0 Å². The summed E-state index contributed by atoms with van der Waals surface area (Å²) in [5.41, 5.74) is 2.16. The van der Waals surface area contributed by atoms with Gasteiger partial charge in [0, 0.05) is 37.5 Å². The summed E-state index contributed by atoms with van der Waals surface area (Å²) in [6.07, 6.45) is 0. The smallest absolute Gasteiger partial charge is 0.326 e. The number of nitrogens with zero attached hydrogens (tertiary/aromatic N) is 3. The lowest BCUT2D eigenvalue weighted by atomic mass is 10.1. The summed E-state index contributed by atoms with van der Waals surface area (Å²) in [6.45, 7) is 1.53. The molecule has 0 atom stereocenters. The van der Waals surface area contributed by atoms with Crippen LogP contribution in [0.1, 0.15) is 16.1 Å². The van der Waals surface area contributed by atoms with Gasteiger partial charge in [-0.3, -0.25) is 14.2 Å². The van der Waals surface area contributed by atoms with Gasteiger partial charge >= 0.3 is 5.69 Å². The minimum Gasteiger partial charge on any atom is -0.336 e. The van der Waals surface area contributed by atoms with E-state index in [9.17, 15) is 14.4 Å².